The molecule has 2 aromatic rings. The molecule has 0 unspecified atom stereocenters. The van der Waals surface area contributed by atoms with Crippen molar-refractivity contribution in [1.29, 1.82) is 0 Å². The lowest BCUT2D eigenvalue weighted by atomic mass is 10.2. The molecule has 0 amide bonds. The Morgan fingerprint density at radius 3 is 2.65 bits per heavy atom. The monoisotopic (exact) mass is 248 g/mol. The molecule has 4 heteroatoms. The number of thioether (sulfide) groups is 1. The average Bonchev–Trinajstić information content (AvgIpc) is 2.62. The summed E-state index contributed by atoms with van der Waals surface area (Å²) in [6.45, 7) is 1.98. The van der Waals surface area contributed by atoms with E-state index < -0.39 is 0 Å². The first kappa shape index (κ1) is 12.2. The third kappa shape index (κ3) is 2.70. The standard InChI is InChI=1S/C13H16N2OS/c1-10-12(8-16)13(15(2)14-10)17-9-11-6-4-3-5-7-11/h3-7,16H,8-9H2,1-2H3. The van der Waals surface area contributed by atoms with Crippen LogP contribution in [0, 0.1) is 6.92 Å². The van der Waals surface area contributed by atoms with Crippen LogP contribution in [0.3, 0.4) is 0 Å². The minimum Gasteiger partial charge on any atom is -0.392 e. The fraction of sp³-hybridized carbons (Fsp3) is 0.308. The van der Waals surface area contributed by atoms with Gasteiger partial charge in [0, 0.05) is 18.4 Å². The highest BCUT2D eigenvalue weighted by atomic mass is 32.2. The van der Waals surface area contributed by atoms with Crippen molar-refractivity contribution < 1.29 is 5.11 Å². The predicted octanol–water partition coefficient (Wildman–Crippen LogP) is 2.51. The third-order valence-corrected chi connectivity index (χ3v) is 3.93. The molecular weight excluding hydrogens is 232 g/mol. The van der Waals surface area contributed by atoms with E-state index in [9.17, 15) is 5.11 Å². The van der Waals surface area contributed by atoms with Gasteiger partial charge >= 0.3 is 0 Å². The van der Waals surface area contributed by atoms with Crippen LogP contribution in [0.5, 0.6) is 0 Å². The van der Waals surface area contributed by atoms with Gasteiger partial charge in [-0.2, -0.15) is 5.10 Å². The summed E-state index contributed by atoms with van der Waals surface area (Å²) >= 11 is 1.71. The number of hydrogen-bond donors (Lipinski definition) is 1. The first-order chi connectivity index (χ1) is 8.22. The molecule has 1 aromatic carbocycles. The van der Waals surface area contributed by atoms with Gasteiger partial charge in [-0.15, -0.1) is 11.8 Å². The predicted molar refractivity (Wildman–Crippen MR) is 69.9 cm³/mol. The molecule has 90 valence electrons. The van der Waals surface area contributed by atoms with Crippen molar-refractivity contribution in [3.63, 3.8) is 0 Å². The van der Waals surface area contributed by atoms with Crippen LogP contribution in [0.1, 0.15) is 16.8 Å². The molecule has 0 bridgehead atoms. The Morgan fingerprint density at radius 1 is 1.29 bits per heavy atom. The van der Waals surface area contributed by atoms with Gasteiger partial charge in [0.2, 0.25) is 0 Å². The molecule has 0 saturated heterocycles. The number of aromatic nitrogens is 2. The fourth-order valence-corrected chi connectivity index (χ4v) is 2.88. The van der Waals surface area contributed by atoms with Crippen LogP contribution in [0.2, 0.25) is 0 Å². The maximum Gasteiger partial charge on any atom is 0.0997 e. The topological polar surface area (TPSA) is 38.0 Å². The van der Waals surface area contributed by atoms with E-state index in [2.05, 4.69) is 17.2 Å². The summed E-state index contributed by atoms with van der Waals surface area (Å²) in [7, 11) is 1.92. The molecule has 17 heavy (non-hydrogen) atoms. The molecule has 0 atom stereocenters. The van der Waals surface area contributed by atoms with Crippen molar-refractivity contribution in [2.45, 2.75) is 24.3 Å². The van der Waals surface area contributed by atoms with Crippen molar-refractivity contribution in [1.82, 2.24) is 9.78 Å². The van der Waals surface area contributed by atoms with Gasteiger partial charge in [0.1, 0.15) is 0 Å². The van der Waals surface area contributed by atoms with Crippen LogP contribution in [-0.2, 0) is 19.4 Å². The first-order valence-corrected chi connectivity index (χ1v) is 6.51. The van der Waals surface area contributed by atoms with Crippen LogP contribution in [0.15, 0.2) is 35.4 Å². The van der Waals surface area contributed by atoms with Crippen LogP contribution in [0.25, 0.3) is 0 Å². The largest absolute Gasteiger partial charge is 0.392 e. The second-order valence-electron chi connectivity index (χ2n) is 3.93. The van der Waals surface area contributed by atoms with Crippen LogP contribution in [-0.4, -0.2) is 14.9 Å². The molecule has 0 radical (unpaired) electrons. The molecule has 0 aliphatic rings. The quantitative estimate of drug-likeness (QED) is 0.845. The highest BCUT2D eigenvalue weighted by Gasteiger charge is 2.12. The number of rotatable bonds is 4. The summed E-state index contributed by atoms with van der Waals surface area (Å²) in [5.41, 5.74) is 3.12. The minimum atomic E-state index is 0.0524. The van der Waals surface area contributed by atoms with E-state index in [-0.39, 0.29) is 6.61 Å². The third-order valence-electron chi connectivity index (χ3n) is 2.67. The number of hydrogen-bond acceptors (Lipinski definition) is 3. The Balaban J connectivity index is 2.14. The van der Waals surface area contributed by atoms with E-state index >= 15 is 0 Å². The zero-order chi connectivity index (χ0) is 12.3. The highest BCUT2D eigenvalue weighted by Crippen LogP contribution is 2.27. The van der Waals surface area contributed by atoms with E-state index in [1.54, 1.807) is 11.8 Å². The van der Waals surface area contributed by atoms with Crippen molar-refractivity contribution in [3.05, 3.63) is 47.2 Å². The van der Waals surface area contributed by atoms with Crippen molar-refractivity contribution in [2.24, 2.45) is 7.05 Å². The van der Waals surface area contributed by atoms with Crippen LogP contribution < -0.4 is 0 Å². The second kappa shape index (κ2) is 5.38. The van der Waals surface area contributed by atoms with Gasteiger partial charge in [-0.25, -0.2) is 0 Å². The SMILES string of the molecule is Cc1nn(C)c(SCc2ccccc2)c1CO. The highest BCUT2D eigenvalue weighted by molar-refractivity contribution is 7.98. The van der Waals surface area contributed by atoms with Gasteiger partial charge in [0.15, 0.2) is 0 Å². The maximum absolute atomic E-state index is 9.34. The van der Waals surface area contributed by atoms with Gasteiger partial charge in [-0.3, -0.25) is 4.68 Å². The number of aliphatic hydroxyl groups excluding tert-OH is 1. The van der Waals surface area contributed by atoms with E-state index in [4.69, 9.17) is 0 Å². The lowest BCUT2D eigenvalue weighted by Crippen LogP contribution is -1.94. The Morgan fingerprint density at radius 2 is 2.00 bits per heavy atom. The molecule has 1 N–H and O–H groups in total. The Kier molecular flexibility index (Phi) is 3.86. The molecule has 1 heterocycles. The van der Waals surface area contributed by atoms with Gasteiger partial charge < -0.3 is 5.11 Å². The van der Waals surface area contributed by atoms with Crippen LogP contribution in [0.4, 0.5) is 0 Å². The normalized spacial score (nSPS) is 10.8. The smallest absolute Gasteiger partial charge is 0.0997 e. The lowest BCUT2D eigenvalue weighted by molar-refractivity contribution is 0.277. The number of aliphatic hydroxyl groups is 1. The number of nitrogens with zero attached hydrogens (tertiary/aromatic N) is 2. The molecule has 3 nitrogen and oxygen atoms in total. The number of benzene rings is 1. The summed E-state index contributed by atoms with van der Waals surface area (Å²) < 4.78 is 1.84. The molecule has 0 saturated carbocycles. The molecule has 0 spiro atoms. The summed E-state index contributed by atoms with van der Waals surface area (Å²) in [4.78, 5) is 0. The van der Waals surface area contributed by atoms with Gasteiger partial charge in [0.25, 0.3) is 0 Å². The van der Waals surface area contributed by atoms with Gasteiger partial charge in [-0.05, 0) is 12.5 Å². The summed E-state index contributed by atoms with van der Waals surface area (Å²) in [5.74, 6) is 0.896. The Bertz CT molecular complexity index is 494. The number of aryl methyl sites for hydroxylation is 2. The molecule has 0 fully saturated rings. The maximum atomic E-state index is 9.34. The van der Waals surface area contributed by atoms with E-state index in [0.717, 1.165) is 22.0 Å². The lowest BCUT2D eigenvalue weighted by Gasteiger charge is -2.04. The summed E-state index contributed by atoms with van der Waals surface area (Å²) in [6, 6.07) is 10.3. The Labute approximate surface area is 105 Å². The van der Waals surface area contributed by atoms with E-state index in [1.165, 1.54) is 5.56 Å². The zero-order valence-corrected chi connectivity index (χ0v) is 10.9. The van der Waals surface area contributed by atoms with Gasteiger partial charge in [0.05, 0.1) is 17.3 Å². The molecule has 1 aromatic heterocycles. The van der Waals surface area contributed by atoms with E-state index in [0.29, 0.717) is 0 Å². The zero-order valence-electron chi connectivity index (χ0n) is 10.1. The first-order valence-electron chi connectivity index (χ1n) is 5.52. The average molecular weight is 248 g/mol. The second-order valence-corrected chi connectivity index (χ2v) is 4.89. The summed E-state index contributed by atoms with van der Waals surface area (Å²) in [6.07, 6.45) is 0. The van der Waals surface area contributed by atoms with Crippen LogP contribution >= 0.6 is 11.8 Å². The van der Waals surface area contributed by atoms with Crippen molar-refractivity contribution in [2.75, 3.05) is 0 Å². The minimum absolute atomic E-state index is 0.0524. The summed E-state index contributed by atoms with van der Waals surface area (Å²) in [5, 5.41) is 14.7. The Hall–Kier alpha value is -1.26. The van der Waals surface area contributed by atoms with Gasteiger partial charge in [-0.1, -0.05) is 30.3 Å². The molecule has 2 rings (SSSR count). The fourth-order valence-electron chi connectivity index (χ4n) is 1.77. The van der Waals surface area contributed by atoms with Crippen molar-refractivity contribution in [3.8, 4) is 0 Å². The van der Waals surface area contributed by atoms with E-state index in [1.807, 2.05) is 36.9 Å². The molecule has 0 aliphatic carbocycles. The van der Waals surface area contributed by atoms with Crippen molar-refractivity contribution >= 4 is 11.8 Å². The molecular formula is C13H16N2OS. The molecule has 0 aliphatic heterocycles.